The highest BCUT2D eigenvalue weighted by Crippen LogP contribution is 2.24. The van der Waals surface area contributed by atoms with Gasteiger partial charge in [0, 0.05) is 30.4 Å². The molecule has 2 aromatic rings. The molecule has 0 saturated carbocycles. The molecule has 1 fully saturated rings. The van der Waals surface area contributed by atoms with E-state index in [0.29, 0.717) is 35.6 Å². The van der Waals surface area contributed by atoms with Crippen LogP contribution in [0.3, 0.4) is 0 Å². The average Bonchev–Trinajstić information content (AvgIpc) is 3.55. The Bertz CT molecular complexity index is 1210. The zero-order valence-corrected chi connectivity index (χ0v) is 17.7. The Labute approximate surface area is 183 Å². The van der Waals surface area contributed by atoms with Crippen molar-refractivity contribution in [3.63, 3.8) is 0 Å². The van der Waals surface area contributed by atoms with Gasteiger partial charge >= 0.3 is 0 Å². The first-order chi connectivity index (χ1) is 15.2. The van der Waals surface area contributed by atoms with Crippen LogP contribution in [0, 0.1) is 0 Å². The molecular formula is C23H22N4O3S. The van der Waals surface area contributed by atoms with E-state index in [-0.39, 0.29) is 17.6 Å². The fourth-order valence-corrected chi connectivity index (χ4v) is 4.52. The van der Waals surface area contributed by atoms with Gasteiger partial charge in [0.1, 0.15) is 5.69 Å². The summed E-state index contributed by atoms with van der Waals surface area (Å²) in [6.07, 6.45) is 5.64. The SMILES string of the molecule is O=C(NCc1cccs1)c1cn(C[C@H]2CCCO2)cc2c(=O)n(-c3ccccc3)nc1-2. The topological polar surface area (TPSA) is 78.2 Å². The molecule has 3 aliphatic heterocycles. The molecule has 5 rings (SSSR count). The summed E-state index contributed by atoms with van der Waals surface area (Å²) < 4.78 is 9.00. The van der Waals surface area contributed by atoms with Crippen molar-refractivity contribution in [2.45, 2.75) is 32.0 Å². The highest BCUT2D eigenvalue weighted by atomic mass is 32.1. The maximum absolute atomic E-state index is 13.2. The minimum atomic E-state index is -0.252. The number of pyridine rings is 1. The Morgan fingerprint density at radius 3 is 2.81 bits per heavy atom. The number of carbonyl (C=O) groups excluding carboxylic acids is 1. The molecule has 0 spiro atoms. The van der Waals surface area contributed by atoms with Crippen LogP contribution in [0.4, 0.5) is 0 Å². The zero-order valence-electron chi connectivity index (χ0n) is 16.9. The summed E-state index contributed by atoms with van der Waals surface area (Å²) >= 11 is 1.59. The summed E-state index contributed by atoms with van der Waals surface area (Å²) in [6.45, 7) is 1.78. The van der Waals surface area contributed by atoms with E-state index in [1.165, 1.54) is 4.68 Å². The van der Waals surface area contributed by atoms with Crippen molar-refractivity contribution in [2.24, 2.45) is 0 Å². The number of aromatic nitrogens is 3. The molecule has 1 amide bonds. The molecule has 4 heterocycles. The number of nitrogens with one attached hydrogen (secondary N) is 1. The van der Waals surface area contributed by atoms with Gasteiger partial charge < -0.3 is 14.6 Å². The number of ether oxygens (including phenoxy) is 1. The lowest BCUT2D eigenvalue weighted by Crippen LogP contribution is -2.25. The highest BCUT2D eigenvalue weighted by Gasteiger charge is 2.25. The monoisotopic (exact) mass is 434 g/mol. The van der Waals surface area contributed by atoms with E-state index in [1.54, 1.807) is 23.7 Å². The minimum Gasteiger partial charge on any atom is -0.376 e. The van der Waals surface area contributed by atoms with E-state index in [4.69, 9.17) is 4.74 Å². The van der Waals surface area contributed by atoms with Crippen molar-refractivity contribution >= 4 is 17.2 Å². The number of amides is 1. The molecule has 0 aliphatic carbocycles. The van der Waals surface area contributed by atoms with E-state index in [2.05, 4.69) is 10.4 Å². The predicted molar refractivity (Wildman–Crippen MR) is 119 cm³/mol. The molecular weight excluding hydrogens is 412 g/mol. The number of carbonyl (C=O) groups is 1. The van der Waals surface area contributed by atoms with E-state index in [1.807, 2.05) is 52.4 Å². The number of hydrogen-bond donors (Lipinski definition) is 1. The van der Waals surface area contributed by atoms with Gasteiger partial charge in [0.05, 0.1) is 29.5 Å². The summed E-state index contributed by atoms with van der Waals surface area (Å²) in [5, 5.41) is 9.46. The van der Waals surface area contributed by atoms with E-state index in [0.717, 1.165) is 24.3 Å². The van der Waals surface area contributed by atoms with Crippen LogP contribution in [-0.4, -0.2) is 33.0 Å². The third-order valence-corrected chi connectivity index (χ3v) is 6.29. The highest BCUT2D eigenvalue weighted by molar-refractivity contribution is 7.09. The van der Waals surface area contributed by atoms with Crippen LogP contribution in [0.15, 0.2) is 65.0 Å². The summed E-state index contributed by atoms with van der Waals surface area (Å²) in [5.41, 5.74) is 1.64. The first kappa shape index (κ1) is 19.7. The van der Waals surface area contributed by atoms with Gasteiger partial charge in [0.15, 0.2) is 0 Å². The average molecular weight is 435 g/mol. The number of benzene rings is 1. The Morgan fingerprint density at radius 2 is 2.06 bits per heavy atom. The lowest BCUT2D eigenvalue weighted by Gasteiger charge is -2.16. The normalized spacial score (nSPS) is 16.1. The van der Waals surface area contributed by atoms with Crippen LogP contribution >= 0.6 is 11.3 Å². The van der Waals surface area contributed by atoms with Crippen molar-refractivity contribution in [2.75, 3.05) is 6.61 Å². The fourth-order valence-electron chi connectivity index (χ4n) is 3.88. The molecule has 3 aliphatic rings. The van der Waals surface area contributed by atoms with Crippen molar-refractivity contribution in [3.8, 4) is 16.9 Å². The maximum Gasteiger partial charge on any atom is 0.282 e. The van der Waals surface area contributed by atoms with E-state index < -0.39 is 0 Å². The summed E-state index contributed by atoms with van der Waals surface area (Å²) in [7, 11) is 0. The molecule has 1 aromatic heterocycles. The summed E-state index contributed by atoms with van der Waals surface area (Å²) in [6, 6.07) is 13.2. The smallest absolute Gasteiger partial charge is 0.282 e. The van der Waals surface area contributed by atoms with Gasteiger partial charge in [-0.05, 0) is 36.4 Å². The quantitative estimate of drug-likeness (QED) is 0.505. The molecule has 1 aromatic carbocycles. The number of fused-ring (bicyclic) bond motifs is 1. The van der Waals surface area contributed by atoms with Crippen LogP contribution in [0.5, 0.6) is 0 Å². The molecule has 7 nitrogen and oxygen atoms in total. The number of nitrogens with zero attached hydrogens (tertiary/aromatic N) is 3. The minimum absolute atomic E-state index is 0.0868. The van der Waals surface area contributed by atoms with E-state index in [9.17, 15) is 9.59 Å². The Morgan fingerprint density at radius 1 is 1.19 bits per heavy atom. The molecule has 158 valence electrons. The Hall–Kier alpha value is -3.23. The van der Waals surface area contributed by atoms with Crippen LogP contribution in [0.1, 0.15) is 28.1 Å². The third kappa shape index (κ3) is 4.04. The second-order valence-electron chi connectivity index (χ2n) is 7.58. The molecule has 8 heteroatoms. The van der Waals surface area contributed by atoms with Crippen molar-refractivity contribution < 1.29 is 9.53 Å². The molecule has 0 unspecified atom stereocenters. The van der Waals surface area contributed by atoms with Gasteiger partial charge in [-0.1, -0.05) is 24.3 Å². The Kier molecular flexibility index (Phi) is 5.40. The molecule has 31 heavy (non-hydrogen) atoms. The molecule has 1 atom stereocenters. The van der Waals surface area contributed by atoms with Gasteiger partial charge in [0.2, 0.25) is 0 Å². The van der Waals surface area contributed by atoms with Gasteiger partial charge in [0.25, 0.3) is 11.5 Å². The van der Waals surface area contributed by atoms with Crippen molar-refractivity contribution in [3.05, 3.63) is 81.0 Å². The van der Waals surface area contributed by atoms with Crippen LogP contribution in [-0.2, 0) is 17.8 Å². The van der Waals surface area contributed by atoms with Crippen LogP contribution < -0.4 is 10.9 Å². The number of rotatable bonds is 6. The van der Waals surface area contributed by atoms with Crippen molar-refractivity contribution in [1.29, 1.82) is 0 Å². The predicted octanol–water partition coefficient (Wildman–Crippen LogP) is 3.31. The first-order valence-electron chi connectivity index (χ1n) is 10.3. The largest absolute Gasteiger partial charge is 0.376 e. The number of para-hydroxylation sites is 1. The van der Waals surface area contributed by atoms with Gasteiger partial charge in [-0.25, -0.2) is 0 Å². The third-order valence-electron chi connectivity index (χ3n) is 5.41. The second kappa shape index (κ2) is 8.49. The number of hydrogen-bond acceptors (Lipinski definition) is 5. The summed E-state index contributed by atoms with van der Waals surface area (Å²) in [4.78, 5) is 27.3. The van der Waals surface area contributed by atoms with Gasteiger partial charge in [-0.2, -0.15) is 9.78 Å². The Balaban J connectivity index is 1.55. The first-order valence-corrected chi connectivity index (χ1v) is 11.2. The molecule has 0 radical (unpaired) electrons. The van der Waals surface area contributed by atoms with E-state index >= 15 is 0 Å². The molecule has 1 N–H and O–H groups in total. The van der Waals surface area contributed by atoms with Gasteiger partial charge in [-0.15, -0.1) is 11.3 Å². The second-order valence-corrected chi connectivity index (χ2v) is 8.61. The maximum atomic E-state index is 13.2. The fraction of sp³-hybridized carbons (Fsp3) is 0.261. The molecule has 1 saturated heterocycles. The number of thiophene rings is 1. The van der Waals surface area contributed by atoms with Crippen LogP contribution in [0.2, 0.25) is 0 Å². The van der Waals surface area contributed by atoms with Crippen LogP contribution in [0.25, 0.3) is 16.9 Å². The summed E-state index contributed by atoms with van der Waals surface area (Å²) in [5.74, 6) is -0.252. The lowest BCUT2D eigenvalue weighted by molar-refractivity contribution is 0.0936. The van der Waals surface area contributed by atoms with Gasteiger partial charge in [-0.3, -0.25) is 9.59 Å². The zero-order chi connectivity index (χ0) is 21.2. The lowest BCUT2D eigenvalue weighted by atomic mass is 10.1. The van der Waals surface area contributed by atoms with Crippen molar-refractivity contribution in [1.82, 2.24) is 19.7 Å². The standard InChI is InChI=1S/C23H22N4O3S/c28-22(24-12-18-9-5-11-31-18)19-14-26(13-17-8-4-10-30-17)15-20-21(19)25-27(23(20)29)16-6-2-1-3-7-16/h1-3,5-7,9,11,14-15,17H,4,8,10,12-13H2,(H,24,28)/t17-/m1/s1. The molecule has 0 bridgehead atoms.